The van der Waals surface area contributed by atoms with Crippen molar-refractivity contribution in [2.24, 2.45) is 5.73 Å². The lowest BCUT2D eigenvalue weighted by Gasteiger charge is -1.74. The lowest BCUT2D eigenvalue weighted by atomic mass is 10.7. The third-order valence-electron chi connectivity index (χ3n) is 0.211. The lowest BCUT2D eigenvalue weighted by Crippen LogP contribution is -2.21. The number of halogens is 1. The molecule has 4 nitrogen and oxygen atoms in total. The number of hydrogen-bond acceptors (Lipinski definition) is 2. The molecule has 6 heteroatoms. The van der Waals surface area contributed by atoms with Gasteiger partial charge in [0.2, 0.25) is 0 Å². The summed E-state index contributed by atoms with van der Waals surface area (Å²) in [5.74, 6) is -2.93. The number of carboxylic acid groups (broad SMARTS) is 1. The van der Waals surface area contributed by atoms with Crippen LogP contribution in [0.25, 0.3) is 0 Å². The van der Waals surface area contributed by atoms with E-state index < -0.39 is 11.9 Å². The lowest BCUT2D eigenvalue weighted by molar-refractivity contribution is -0.148. The zero-order valence-corrected chi connectivity index (χ0v) is 6.19. The molecule has 1 amide bonds. The third-order valence-corrected chi connectivity index (χ3v) is 0.211. The van der Waals surface area contributed by atoms with Crippen molar-refractivity contribution in [1.29, 1.82) is 0 Å². The highest BCUT2D eigenvalue weighted by atomic mass is 35.5. The summed E-state index contributed by atoms with van der Waals surface area (Å²) >= 11 is 0. The summed E-state index contributed by atoms with van der Waals surface area (Å²) in [6, 6.07) is 0. The average Bonchev–Trinajstić information content (AvgIpc) is 1.36. The van der Waals surface area contributed by atoms with Gasteiger partial charge in [-0.05, 0) is 0 Å². The van der Waals surface area contributed by atoms with Crippen molar-refractivity contribution in [3.63, 3.8) is 0 Å². The van der Waals surface area contributed by atoms with Crippen molar-refractivity contribution in [1.82, 2.24) is 0 Å². The Hall–Kier alpha value is -0.340. The van der Waals surface area contributed by atoms with Crippen molar-refractivity contribution in [2.45, 2.75) is 0 Å². The maximum atomic E-state index is 9.32. The van der Waals surface area contributed by atoms with E-state index in [1.165, 1.54) is 0 Å². The Balaban J connectivity index is -0.000000125. The fraction of sp³-hybridized carbons (Fsp3) is 0. The molecule has 0 rings (SSSR count). The molecule has 0 saturated heterocycles. The molecule has 50 valence electrons. The predicted molar refractivity (Wildman–Crippen MR) is 35.2 cm³/mol. The van der Waals surface area contributed by atoms with Crippen LogP contribution in [0.5, 0.6) is 0 Å². The van der Waals surface area contributed by atoms with Gasteiger partial charge in [0.25, 0.3) is 0 Å². The molecule has 0 heterocycles. The van der Waals surface area contributed by atoms with Gasteiger partial charge in [-0.1, -0.05) is 0 Å². The van der Waals surface area contributed by atoms with Gasteiger partial charge >= 0.3 is 11.9 Å². The number of amides is 1. The van der Waals surface area contributed by atoms with E-state index in [2.05, 4.69) is 5.73 Å². The first-order chi connectivity index (χ1) is 2.64. The monoisotopic (exact) mass is 159 g/mol. The normalized spacial score (nSPS) is 5.50. The number of primary amides is 1. The molecule has 0 saturated carbocycles. The van der Waals surface area contributed by atoms with Crippen LogP contribution < -0.4 is 5.73 Å². The minimum absolute atomic E-state index is 0. The molecule has 0 aromatic heterocycles. The average molecular weight is 160 g/mol. The minimum Gasteiger partial charge on any atom is -0.474 e. The highest BCUT2D eigenvalue weighted by Gasteiger charge is 2.00. The Kier molecular flexibility index (Phi) is 13.0. The van der Waals surface area contributed by atoms with Gasteiger partial charge in [-0.3, -0.25) is 4.79 Å². The fourth-order valence-electron chi connectivity index (χ4n) is 0. The molecule has 0 aliphatic heterocycles. The van der Waals surface area contributed by atoms with Crippen LogP contribution in [0.4, 0.5) is 0 Å². The highest BCUT2D eigenvalue weighted by Crippen LogP contribution is 1.51. The van der Waals surface area contributed by atoms with Gasteiger partial charge in [0.05, 0.1) is 0 Å². The summed E-state index contributed by atoms with van der Waals surface area (Å²) in [5.41, 5.74) is 4.20. The number of rotatable bonds is 0. The molecule has 3 N–H and O–H groups in total. The van der Waals surface area contributed by atoms with Crippen LogP contribution >= 0.6 is 22.3 Å². The van der Waals surface area contributed by atoms with Crippen LogP contribution in [0.2, 0.25) is 0 Å². The minimum atomic E-state index is -1.60. The molecule has 0 aromatic rings. The maximum absolute atomic E-state index is 9.32. The molecule has 0 radical (unpaired) electrons. The van der Waals surface area contributed by atoms with Crippen LogP contribution in [0.15, 0.2) is 0 Å². The Labute approximate surface area is 55.5 Å². The zero-order valence-electron chi connectivity index (χ0n) is 3.96. The molecule has 1 atom stereocenters. The molecule has 0 bridgehead atoms. The van der Waals surface area contributed by atoms with Crippen molar-refractivity contribution in [3.8, 4) is 0 Å². The second-order valence-electron chi connectivity index (χ2n) is 0.669. The van der Waals surface area contributed by atoms with E-state index >= 15 is 0 Å². The molecular weight excluding hydrogens is 152 g/mol. The number of carbonyl (C=O) groups is 2. The molecule has 0 aliphatic rings. The summed E-state index contributed by atoms with van der Waals surface area (Å²) in [7, 11) is 0. The van der Waals surface area contributed by atoms with E-state index in [1.807, 2.05) is 0 Å². The maximum Gasteiger partial charge on any atom is 0.394 e. The Morgan fingerprint density at radius 3 is 1.50 bits per heavy atom. The van der Waals surface area contributed by atoms with Gasteiger partial charge < -0.3 is 10.8 Å². The number of aliphatic carboxylic acids is 1. The largest absolute Gasteiger partial charge is 0.474 e. The molecule has 0 spiro atoms. The molecule has 0 fully saturated rings. The third kappa shape index (κ3) is 9.18. The Morgan fingerprint density at radius 1 is 1.38 bits per heavy atom. The van der Waals surface area contributed by atoms with E-state index in [-0.39, 0.29) is 22.3 Å². The molecule has 0 aromatic carbocycles. The van der Waals surface area contributed by atoms with Crippen LogP contribution in [0.1, 0.15) is 0 Å². The molecule has 8 heavy (non-hydrogen) atoms. The summed E-state index contributed by atoms with van der Waals surface area (Å²) in [6.07, 6.45) is 0. The Bertz CT molecular complexity index is 83.3. The predicted octanol–water partition coefficient (Wildman–Crippen LogP) is -0.964. The first-order valence-electron chi connectivity index (χ1n) is 1.17. The van der Waals surface area contributed by atoms with E-state index in [0.29, 0.717) is 0 Å². The standard InChI is InChI=1S/C2H3NO3.ClH.H3P/c3-1(4)2(5)6;;/h(H2,3,4)(H,5,6);1H;1H3. The van der Waals surface area contributed by atoms with E-state index in [9.17, 15) is 9.59 Å². The summed E-state index contributed by atoms with van der Waals surface area (Å²) in [4.78, 5) is 18.5. The molecular formula is C2H7ClNO3P. The van der Waals surface area contributed by atoms with Crippen LogP contribution in [-0.4, -0.2) is 17.0 Å². The van der Waals surface area contributed by atoms with E-state index in [0.717, 1.165) is 0 Å². The molecule has 1 unspecified atom stereocenters. The SMILES string of the molecule is Cl.NC(=O)C(=O)O.P. The van der Waals surface area contributed by atoms with Gasteiger partial charge in [-0.15, -0.1) is 12.4 Å². The van der Waals surface area contributed by atoms with Crippen molar-refractivity contribution < 1.29 is 14.7 Å². The fourth-order valence-corrected chi connectivity index (χ4v) is 0. The van der Waals surface area contributed by atoms with Gasteiger partial charge in [0.15, 0.2) is 0 Å². The van der Waals surface area contributed by atoms with Crippen molar-refractivity contribution in [2.75, 3.05) is 0 Å². The van der Waals surface area contributed by atoms with Gasteiger partial charge in [0.1, 0.15) is 0 Å². The van der Waals surface area contributed by atoms with Crippen LogP contribution in [0.3, 0.4) is 0 Å². The first-order valence-corrected chi connectivity index (χ1v) is 1.17. The van der Waals surface area contributed by atoms with Gasteiger partial charge in [0, 0.05) is 0 Å². The summed E-state index contributed by atoms with van der Waals surface area (Å²) in [6.45, 7) is 0. The number of carbonyl (C=O) groups excluding carboxylic acids is 1. The zero-order chi connectivity index (χ0) is 5.15. The first kappa shape index (κ1) is 15.6. The van der Waals surface area contributed by atoms with E-state index in [4.69, 9.17) is 5.11 Å². The topological polar surface area (TPSA) is 80.4 Å². The number of hydrogen-bond donors (Lipinski definition) is 2. The van der Waals surface area contributed by atoms with Crippen LogP contribution in [0, 0.1) is 0 Å². The second kappa shape index (κ2) is 6.66. The number of nitrogens with two attached hydrogens (primary N) is 1. The van der Waals surface area contributed by atoms with Gasteiger partial charge in [-0.2, -0.15) is 9.90 Å². The highest BCUT2D eigenvalue weighted by molar-refractivity contribution is 6.92. The van der Waals surface area contributed by atoms with E-state index in [1.54, 1.807) is 0 Å². The Morgan fingerprint density at radius 2 is 1.50 bits per heavy atom. The summed E-state index contributed by atoms with van der Waals surface area (Å²) in [5, 5.41) is 7.52. The second-order valence-corrected chi connectivity index (χ2v) is 0.669. The quantitative estimate of drug-likeness (QED) is 0.353. The smallest absolute Gasteiger partial charge is 0.394 e. The van der Waals surface area contributed by atoms with Crippen LogP contribution in [-0.2, 0) is 9.59 Å². The van der Waals surface area contributed by atoms with Crippen molar-refractivity contribution in [3.05, 3.63) is 0 Å². The van der Waals surface area contributed by atoms with Gasteiger partial charge in [-0.25, -0.2) is 4.79 Å². The summed E-state index contributed by atoms with van der Waals surface area (Å²) < 4.78 is 0. The molecule has 0 aliphatic carbocycles. The number of carboxylic acids is 1. The van der Waals surface area contributed by atoms with Crippen molar-refractivity contribution >= 4 is 34.2 Å².